The average Bonchev–Trinajstić information content (AvgIpc) is 2.49. The van der Waals surface area contributed by atoms with E-state index in [2.05, 4.69) is 10.3 Å². The molecule has 20 heavy (non-hydrogen) atoms. The van der Waals surface area contributed by atoms with Crippen molar-refractivity contribution in [1.82, 2.24) is 10.3 Å². The fourth-order valence-electron chi connectivity index (χ4n) is 2.05. The standard InChI is InChI=1S/C15H16ClFN2O/c1-18-14(11-6-12(20-2)9-19-8-11)7-10-4-3-5-13(16)15(10)17/h3-6,8-9,14,18H,7H2,1-2H3. The molecule has 0 saturated heterocycles. The quantitative estimate of drug-likeness (QED) is 0.918. The molecule has 3 nitrogen and oxygen atoms in total. The molecule has 0 bridgehead atoms. The number of hydrogen-bond donors (Lipinski definition) is 1. The summed E-state index contributed by atoms with van der Waals surface area (Å²) in [5.41, 5.74) is 1.51. The van der Waals surface area contributed by atoms with Gasteiger partial charge in [0.1, 0.15) is 11.6 Å². The van der Waals surface area contributed by atoms with Crippen LogP contribution in [-0.2, 0) is 6.42 Å². The monoisotopic (exact) mass is 294 g/mol. The molecule has 0 aliphatic rings. The lowest BCUT2D eigenvalue weighted by atomic mass is 10.00. The summed E-state index contributed by atoms with van der Waals surface area (Å²) in [6.45, 7) is 0. The third-order valence-electron chi connectivity index (χ3n) is 3.18. The summed E-state index contributed by atoms with van der Waals surface area (Å²) >= 11 is 5.81. The van der Waals surface area contributed by atoms with Gasteiger partial charge < -0.3 is 10.1 Å². The Kier molecular flexibility index (Phi) is 4.93. The number of methoxy groups -OCH3 is 1. The van der Waals surface area contributed by atoms with Gasteiger partial charge in [-0.1, -0.05) is 23.7 Å². The summed E-state index contributed by atoms with van der Waals surface area (Å²) in [6.07, 6.45) is 3.86. The zero-order chi connectivity index (χ0) is 14.5. The lowest BCUT2D eigenvalue weighted by Crippen LogP contribution is -2.19. The number of likely N-dealkylation sites (N-methyl/N-ethyl adjacent to an activating group) is 1. The highest BCUT2D eigenvalue weighted by atomic mass is 35.5. The largest absolute Gasteiger partial charge is 0.495 e. The van der Waals surface area contributed by atoms with Gasteiger partial charge in [-0.25, -0.2) is 4.39 Å². The Morgan fingerprint density at radius 1 is 1.40 bits per heavy atom. The number of pyridine rings is 1. The molecular formula is C15H16ClFN2O. The first-order valence-electron chi connectivity index (χ1n) is 6.24. The number of rotatable bonds is 5. The normalized spacial score (nSPS) is 12.2. The number of nitrogens with zero attached hydrogens (tertiary/aromatic N) is 1. The zero-order valence-corrected chi connectivity index (χ0v) is 12.1. The van der Waals surface area contributed by atoms with E-state index in [1.807, 2.05) is 13.1 Å². The van der Waals surface area contributed by atoms with E-state index in [1.54, 1.807) is 37.7 Å². The van der Waals surface area contributed by atoms with Crippen LogP contribution in [0.25, 0.3) is 0 Å². The van der Waals surface area contributed by atoms with E-state index in [0.717, 1.165) is 5.56 Å². The Morgan fingerprint density at radius 3 is 2.90 bits per heavy atom. The van der Waals surface area contributed by atoms with Crippen molar-refractivity contribution in [2.75, 3.05) is 14.2 Å². The van der Waals surface area contributed by atoms with E-state index in [9.17, 15) is 4.39 Å². The van der Waals surface area contributed by atoms with Crippen molar-refractivity contribution in [3.63, 3.8) is 0 Å². The molecule has 106 valence electrons. The van der Waals surface area contributed by atoms with Crippen molar-refractivity contribution < 1.29 is 9.13 Å². The van der Waals surface area contributed by atoms with E-state index in [-0.39, 0.29) is 16.9 Å². The van der Waals surface area contributed by atoms with Crippen LogP contribution >= 0.6 is 11.6 Å². The van der Waals surface area contributed by atoms with Gasteiger partial charge in [0.25, 0.3) is 0 Å². The summed E-state index contributed by atoms with van der Waals surface area (Å²) in [7, 11) is 3.42. The van der Waals surface area contributed by atoms with Crippen LogP contribution < -0.4 is 10.1 Å². The van der Waals surface area contributed by atoms with E-state index < -0.39 is 0 Å². The van der Waals surface area contributed by atoms with Gasteiger partial charge in [-0.15, -0.1) is 0 Å². The van der Waals surface area contributed by atoms with Crippen LogP contribution in [0.15, 0.2) is 36.7 Å². The number of benzene rings is 1. The average molecular weight is 295 g/mol. The molecule has 1 unspecified atom stereocenters. The van der Waals surface area contributed by atoms with Crippen LogP contribution in [0.1, 0.15) is 17.2 Å². The second kappa shape index (κ2) is 6.68. The maximum absolute atomic E-state index is 14.0. The Hall–Kier alpha value is -1.65. The smallest absolute Gasteiger partial charge is 0.145 e. The number of aromatic nitrogens is 1. The molecule has 5 heteroatoms. The fourth-order valence-corrected chi connectivity index (χ4v) is 2.24. The van der Waals surface area contributed by atoms with Crippen LogP contribution in [0, 0.1) is 5.82 Å². The Labute approximate surface area is 122 Å². The van der Waals surface area contributed by atoms with Gasteiger partial charge in [0, 0.05) is 12.2 Å². The first-order chi connectivity index (χ1) is 9.65. The number of hydrogen-bond acceptors (Lipinski definition) is 3. The minimum absolute atomic E-state index is 0.0643. The summed E-state index contributed by atoms with van der Waals surface area (Å²) < 4.78 is 19.1. The second-order valence-electron chi connectivity index (χ2n) is 4.42. The SMILES string of the molecule is CNC(Cc1cccc(Cl)c1F)c1cncc(OC)c1. The minimum atomic E-state index is -0.370. The Bertz CT molecular complexity index is 592. The van der Waals surface area contributed by atoms with E-state index in [0.29, 0.717) is 17.7 Å². The third kappa shape index (κ3) is 3.26. The maximum Gasteiger partial charge on any atom is 0.145 e. The van der Waals surface area contributed by atoms with Crippen molar-refractivity contribution in [3.05, 3.63) is 58.6 Å². The number of halogens is 2. The van der Waals surface area contributed by atoms with Crippen LogP contribution in [0.5, 0.6) is 5.75 Å². The fraction of sp³-hybridized carbons (Fsp3) is 0.267. The van der Waals surface area contributed by atoms with Gasteiger partial charge in [-0.3, -0.25) is 4.98 Å². The van der Waals surface area contributed by atoms with Crippen LogP contribution in [0.4, 0.5) is 4.39 Å². The summed E-state index contributed by atoms with van der Waals surface area (Å²) in [5.74, 6) is 0.305. The molecule has 0 radical (unpaired) electrons. The molecule has 2 rings (SSSR count). The number of ether oxygens (including phenoxy) is 1. The Balaban J connectivity index is 2.26. The predicted octanol–water partition coefficient (Wildman–Crippen LogP) is 3.39. The lowest BCUT2D eigenvalue weighted by molar-refractivity contribution is 0.411. The molecular weight excluding hydrogens is 279 g/mol. The van der Waals surface area contributed by atoms with Gasteiger partial charge in [0.05, 0.1) is 18.3 Å². The third-order valence-corrected chi connectivity index (χ3v) is 3.47. The molecule has 0 fully saturated rings. The highest BCUT2D eigenvalue weighted by Gasteiger charge is 2.15. The van der Waals surface area contributed by atoms with Crippen LogP contribution in [-0.4, -0.2) is 19.1 Å². The van der Waals surface area contributed by atoms with Crippen LogP contribution in [0.2, 0.25) is 5.02 Å². The zero-order valence-electron chi connectivity index (χ0n) is 11.4. The van der Waals surface area contributed by atoms with Gasteiger partial charge in [0.15, 0.2) is 0 Å². The molecule has 1 N–H and O–H groups in total. The first kappa shape index (κ1) is 14.8. The molecule has 1 heterocycles. The van der Waals surface area contributed by atoms with Crippen molar-refractivity contribution in [2.45, 2.75) is 12.5 Å². The molecule has 1 aromatic heterocycles. The van der Waals surface area contributed by atoms with Crippen molar-refractivity contribution >= 4 is 11.6 Å². The lowest BCUT2D eigenvalue weighted by Gasteiger charge is -2.17. The highest BCUT2D eigenvalue weighted by molar-refractivity contribution is 6.30. The predicted molar refractivity (Wildman–Crippen MR) is 77.7 cm³/mol. The molecule has 1 atom stereocenters. The summed E-state index contributed by atoms with van der Waals surface area (Å²) in [6, 6.07) is 6.85. The molecule has 0 amide bonds. The van der Waals surface area contributed by atoms with E-state index in [1.165, 1.54) is 0 Å². The van der Waals surface area contributed by atoms with Crippen molar-refractivity contribution in [2.24, 2.45) is 0 Å². The van der Waals surface area contributed by atoms with Gasteiger partial charge >= 0.3 is 0 Å². The second-order valence-corrected chi connectivity index (χ2v) is 4.82. The van der Waals surface area contributed by atoms with E-state index >= 15 is 0 Å². The topological polar surface area (TPSA) is 34.2 Å². The minimum Gasteiger partial charge on any atom is -0.495 e. The molecule has 2 aromatic rings. The molecule has 0 spiro atoms. The summed E-state index contributed by atoms with van der Waals surface area (Å²) in [4.78, 5) is 4.12. The molecule has 0 saturated carbocycles. The Morgan fingerprint density at radius 2 is 2.20 bits per heavy atom. The molecule has 1 aromatic carbocycles. The highest BCUT2D eigenvalue weighted by Crippen LogP contribution is 2.25. The number of nitrogens with one attached hydrogen (secondary N) is 1. The van der Waals surface area contributed by atoms with Gasteiger partial charge in [0.2, 0.25) is 0 Å². The van der Waals surface area contributed by atoms with Gasteiger partial charge in [-0.05, 0) is 36.7 Å². The van der Waals surface area contributed by atoms with E-state index in [4.69, 9.17) is 16.3 Å². The summed E-state index contributed by atoms with van der Waals surface area (Å²) in [5, 5.41) is 3.30. The van der Waals surface area contributed by atoms with Crippen molar-refractivity contribution in [3.8, 4) is 5.75 Å². The van der Waals surface area contributed by atoms with Crippen LogP contribution in [0.3, 0.4) is 0 Å². The molecule has 0 aliphatic carbocycles. The van der Waals surface area contributed by atoms with Crippen molar-refractivity contribution in [1.29, 1.82) is 0 Å². The first-order valence-corrected chi connectivity index (χ1v) is 6.62. The van der Waals surface area contributed by atoms with Gasteiger partial charge in [-0.2, -0.15) is 0 Å². The maximum atomic E-state index is 14.0. The molecule has 0 aliphatic heterocycles.